The summed E-state index contributed by atoms with van der Waals surface area (Å²) in [6.07, 6.45) is 2.07. The summed E-state index contributed by atoms with van der Waals surface area (Å²) < 4.78 is 9.63. The Labute approximate surface area is 123 Å². The fourth-order valence-electron chi connectivity index (χ4n) is 2.93. The number of ether oxygens (including phenoxy) is 2. The Morgan fingerprint density at radius 1 is 1.14 bits per heavy atom. The monoisotopic (exact) mass is 292 g/mol. The van der Waals surface area contributed by atoms with Crippen LogP contribution < -0.4 is 0 Å². The molecule has 0 aromatic heterocycles. The van der Waals surface area contributed by atoms with E-state index >= 15 is 0 Å². The van der Waals surface area contributed by atoms with E-state index in [9.17, 15) is 9.59 Å². The molecule has 0 atom stereocenters. The van der Waals surface area contributed by atoms with E-state index in [0.29, 0.717) is 19.3 Å². The number of carbonyl (C=O) groups is 2. The fraction of sp³-hybridized carbons (Fsp3) is 0.500. The van der Waals surface area contributed by atoms with Crippen LogP contribution in [0.5, 0.6) is 0 Å². The third-order valence-electron chi connectivity index (χ3n) is 4.03. The molecule has 1 N–H and O–H groups in total. The van der Waals surface area contributed by atoms with Gasteiger partial charge in [-0.3, -0.25) is 9.59 Å². The molecule has 2 rings (SSSR count). The number of aliphatic hydroxyl groups excluding tert-OH is 1. The molecule has 21 heavy (non-hydrogen) atoms. The van der Waals surface area contributed by atoms with Crippen molar-refractivity contribution in [3.05, 3.63) is 34.9 Å². The molecule has 1 aliphatic rings. The molecule has 0 heterocycles. The van der Waals surface area contributed by atoms with E-state index < -0.39 is 17.4 Å². The van der Waals surface area contributed by atoms with Crippen LogP contribution in [-0.4, -0.2) is 37.9 Å². The molecule has 5 heteroatoms. The van der Waals surface area contributed by atoms with Crippen molar-refractivity contribution >= 4 is 11.9 Å². The minimum Gasteiger partial charge on any atom is -0.468 e. The molecule has 0 radical (unpaired) electrons. The van der Waals surface area contributed by atoms with Crippen LogP contribution in [0, 0.1) is 5.41 Å². The zero-order valence-corrected chi connectivity index (χ0v) is 12.3. The van der Waals surface area contributed by atoms with Crippen molar-refractivity contribution in [2.45, 2.75) is 25.7 Å². The molecule has 0 saturated heterocycles. The van der Waals surface area contributed by atoms with Crippen molar-refractivity contribution < 1.29 is 24.2 Å². The maximum absolute atomic E-state index is 12.1. The van der Waals surface area contributed by atoms with E-state index in [1.807, 2.05) is 18.2 Å². The lowest BCUT2D eigenvalue weighted by molar-refractivity contribution is -0.168. The second-order valence-corrected chi connectivity index (χ2v) is 5.35. The Kier molecular flexibility index (Phi) is 4.63. The van der Waals surface area contributed by atoms with E-state index in [0.717, 1.165) is 23.1 Å². The highest BCUT2D eigenvalue weighted by atomic mass is 16.5. The second-order valence-electron chi connectivity index (χ2n) is 5.35. The number of carbonyl (C=O) groups excluding carboxylic acids is 2. The van der Waals surface area contributed by atoms with Crippen LogP contribution >= 0.6 is 0 Å². The Morgan fingerprint density at radius 3 is 2.33 bits per heavy atom. The lowest BCUT2D eigenvalue weighted by Gasteiger charge is -2.22. The molecule has 114 valence electrons. The number of methoxy groups -OCH3 is 2. The quantitative estimate of drug-likeness (QED) is 0.648. The van der Waals surface area contributed by atoms with Gasteiger partial charge in [0, 0.05) is 6.61 Å². The van der Waals surface area contributed by atoms with Crippen LogP contribution in [0.2, 0.25) is 0 Å². The molecule has 0 fully saturated rings. The normalized spacial score (nSPS) is 15.4. The summed E-state index contributed by atoms with van der Waals surface area (Å²) in [4.78, 5) is 24.2. The molecule has 1 aromatic rings. The maximum atomic E-state index is 12.1. The second kappa shape index (κ2) is 6.26. The Morgan fingerprint density at radius 2 is 1.76 bits per heavy atom. The van der Waals surface area contributed by atoms with Crippen molar-refractivity contribution in [1.82, 2.24) is 0 Å². The molecule has 0 saturated carbocycles. The van der Waals surface area contributed by atoms with Gasteiger partial charge in [-0.1, -0.05) is 18.2 Å². The molecule has 0 unspecified atom stereocenters. The largest absolute Gasteiger partial charge is 0.468 e. The number of rotatable bonds is 5. The van der Waals surface area contributed by atoms with Gasteiger partial charge >= 0.3 is 11.9 Å². The number of hydrogen-bond donors (Lipinski definition) is 1. The van der Waals surface area contributed by atoms with E-state index in [1.165, 1.54) is 14.2 Å². The molecular formula is C16H20O5. The number of esters is 2. The van der Waals surface area contributed by atoms with Crippen LogP contribution in [0.3, 0.4) is 0 Å². The van der Waals surface area contributed by atoms with Gasteiger partial charge in [0.1, 0.15) is 0 Å². The lowest BCUT2D eigenvalue weighted by atomic mass is 9.85. The SMILES string of the molecule is COC(=O)C1(C(=O)OC)Cc2ccc(CCCO)cc2C1. The highest BCUT2D eigenvalue weighted by molar-refractivity contribution is 6.01. The highest BCUT2D eigenvalue weighted by Crippen LogP contribution is 2.39. The van der Waals surface area contributed by atoms with Gasteiger partial charge < -0.3 is 14.6 Å². The third kappa shape index (κ3) is 2.78. The van der Waals surface area contributed by atoms with Gasteiger partial charge in [0.2, 0.25) is 0 Å². The van der Waals surface area contributed by atoms with Crippen molar-refractivity contribution in [3.8, 4) is 0 Å². The van der Waals surface area contributed by atoms with Crippen LogP contribution in [0.4, 0.5) is 0 Å². The molecule has 1 aromatic carbocycles. The van der Waals surface area contributed by atoms with Gasteiger partial charge in [-0.05, 0) is 42.4 Å². The predicted octanol–water partition coefficient (Wildman–Crippen LogP) is 1.04. The minimum atomic E-state index is -1.26. The number of aryl methyl sites for hydroxylation is 1. The Balaban J connectivity index is 2.30. The molecule has 0 aliphatic heterocycles. The molecule has 0 spiro atoms. The first kappa shape index (κ1) is 15.5. The number of aliphatic hydroxyl groups is 1. The summed E-state index contributed by atoms with van der Waals surface area (Å²) in [7, 11) is 2.56. The van der Waals surface area contributed by atoms with Gasteiger partial charge in [-0.25, -0.2) is 0 Å². The summed E-state index contributed by atoms with van der Waals surface area (Å²) in [5.41, 5.74) is 1.77. The zero-order chi connectivity index (χ0) is 15.5. The minimum absolute atomic E-state index is 0.144. The van der Waals surface area contributed by atoms with E-state index in [1.54, 1.807) is 0 Å². The summed E-state index contributed by atoms with van der Waals surface area (Å²) >= 11 is 0. The molecule has 1 aliphatic carbocycles. The van der Waals surface area contributed by atoms with Crippen molar-refractivity contribution in [2.75, 3.05) is 20.8 Å². The first-order chi connectivity index (χ1) is 10.1. The van der Waals surface area contributed by atoms with Crippen molar-refractivity contribution in [1.29, 1.82) is 0 Å². The highest BCUT2D eigenvalue weighted by Gasteiger charge is 2.52. The Bertz CT molecular complexity index is 534. The van der Waals surface area contributed by atoms with Gasteiger partial charge in [-0.15, -0.1) is 0 Å². The van der Waals surface area contributed by atoms with E-state index in [4.69, 9.17) is 14.6 Å². The van der Waals surface area contributed by atoms with Crippen molar-refractivity contribution in [2.24, 2.45) is 5.41 Å². The van der Waals surface area contributed by atoms with Crippen LogP contribution in [0.15, 0.2) is 18.2 Å². The smallest absolute Gasteiger partial charge is 0.323 e. The summed E-state index contributed by atoms with van der Waals surface area (Å²) in [5, 5.41) is 8.89. The van der Waals surface area contributed by atoms with Gasteiger partial charge in [0.25, 0.3) is 0 Å². The summed E-state index contributed by atoms with van der Waals surface area (Å²) in [6, 6.07) is 5.91. The number of fused-ring (bicyclic) bond motifs is 1. The number of benzene rings is 1. The van der Waals surface area contributed by atoms with Crippen LogP contribution in [-0.2, 0) is 38.3 Å². The Hall–Kier alpha value is -1.88. The predicted molar refractivity (Wildman–Crippen MR) is 75.7 cm³/mol. The standard InChI is InChI=1S/C16H20O5/c1-20-14(18)16(15(19)21-2)9-12-6-5-11(4-3-7-17)8-13(12)10-16/h5-6,8,17H,3-4,7,9-10H2,1-2H3. The van der Waals surface area contributed by atoms with E-state index in [2.05, 4.69) is 0 Å². The fourth-order valence-corrected chi connectivity index (χ4v) is 2.93. The van der Waals surface area contributed by atoms with Crippen LogP contribution in [0.1, 0.15) is 23.1 Å². The average Bonchev–Trinajstić information content (AvgIpc) is 2.91. The summed E-state index contributed by atoms with van der Waals surface area (Å²) in [6.45, 7) is 0.144. The lowest BCUT2D eigenvalue weighted by Crippen LogP contribution is -2.42. The average molecular weight is 292 g/mol. The topological polar surface area (TPSA) is 72.8 Å². The third-order valence-corrected chi connectivity index (χ3v) is 4.03. The first-order valence-electron chi connectivity index (χ1n) is 6.96. The zero-order valence-electron chi connectivity index (χ0n) is 12.3. The number of hydrogen-bond acceptors (Lipinski definition) is 5. The van der Waals surface area contributed by atoms with Gasteiger partial charge in [-0.2, -0.15) is 0 Å². The summed E-state index contributed by atoms with van der Waals surface area (Å²) in [5.74, 6) is -1.11. The molecular weight excluding hydrogens is 272 g/mol. The van der Waals surface area contributed by atoms with Gasteiger partial charge in [0.15, 0.2) is 5.41 Å². The molecule has 5 nitrogen and oxygen atoms in total. The first-order valence-corrected chi connectivity index (χ1v) is 6.96. The van der Waals surface area contributed by atoms with E-state index in [-0.39, 0.29) is 6.61 Å². The van der Waals surface area contributed by atoms with Crippen molar-refractivity contribution in [3.63, 3.8) is 0 Å². The maximum Gasteiger partial charge on any atom is 0.323 e. The van der Waals surface area contributed by atoms with Crippen LogP contribution in [0.25, 0.3) is 0 Å². The molecule has 0 bridgehead atoms. The van der Waals surface area contributed by atoms with Gasteiger partial charge in [0.05, 0.1) is 14.2 Å². The molecule has 0 amide bonds.